The molecule has 0 saturated carbocycles. The van der Waals surface area contributed by atoms with Gasteiger partial charge >= 0.3 is 0 Å². The number of aliphatic hydroxyl groups is 1. The van der Waals surface area contributed by atoms with Crippen LogP contribution in [0.1, 0.15) is 18.4 Å². The van der Waals surface area contributed by atoms with Crippen molar-refractivity contribution in [1.29, 1.82) is 0 Å². The summed E-state index contributed by atoms with van der Waals surface area (Å²) in [5, 5.41) is 9.80. The lowest BCUT2D eigenvalue weighted by Crippen LogP contribution is -2.36. The summed E-state index contributed by atoms with van der Waals surface area (Å²) in [5.41, 5.74) is 0.980. The second-order valence-electron chi connectivity index (χ2n) is 8.09. The predicted molar refractivity (Wildman–Crippen MR) is 104 cm³/mol. The predicted octanol–water partition coefficient (Wildman–Crippen LogP) is 1.46. The van der Waals surface area contributed by atoms with Crippen LogP contribution in [0.5, 0.6) is 0 Å². The van der Waals surface area contributed by atoms with Crippen molar-refractivity contribution in [3.05, 3.63) is 35.6 Å². The Labute approximate surface area is 161 Å². The number of aryl methyl sites for hydroxylation is 1. The van der Waals surface area contributed by atoms with Crippen molar-refractivity contribution in [3.63, 3.8) is 0 Å². The molecule has 0 spiro atoms. The molecule has 0 radical (unpaired) electrons. The van der Waals surface area contributed by atoms with Crippen LogP contribution < -0.4 is 0 Å². The van der Waals surface area contributed by atoms with Crippen molar-refractivity contribution in [1.82, 2.24) is 14.7 Å². The zero-order chi connectivity index (χ0) is 19.2. The van der Waals surface area contributed by atoms with Gasteiger partial charge in [0.05, 0.1) is 0 Å². The number of hydrogen-bond acceptors (Lipinski definition) is 4. The fraction of sp³-hybridized carbons (Fsp3) is 0.667. The normalized spacial score (nSPS) is 24.9. The fourth-order valence-corrected chi connectivity index (χ4v) is 4.23. The van der Waals surface area contributed by atoms with Gasteiger partial charge in [-0.2, -0.15) is 0 Å². The highest BCUT2D eigenvalue weighted by molar-refractivity contribution is 5.76. The number of benzene rings is 1. The minimum atomic E-state index is -0.252. The van der Waals surface area contributed by atoms with Crippen LogP contribution in [0.3, 0.4) is 0 Å². The molecule has 150 valence electrons. The number of likely N-dealkylation sites (N-methyl/N-ethyl adjacent to an activating group) is 1. The van der Waals surface area contributed by atoms with Gasteiger partial charge in [-0.25, -0.2) is 4.39 Å². The van der Waals surface area contributed by atoms with E-state index in [1.54, 1.807) is 12.1 Å². The molecular weight excluding hydrogens is 345 g/mol. The molecule has 6 heteroatoms. The minimum absolute atomic E-state index is 0.135. The number of rotatable bonds is 6. The summed E-state index contributed by atoms with van der Waals surface area (Å²) in [6.45, 7) is 6.86. The van der Waals surface area contributed by atoms with Gasteiger partial charge < -0.3 is 19.8 Å². The highest BCUT2D eigenvalue weighted by Gasteiger charge is 2.35. The lowest BCUT2D eigenvalue weighted by atomic mass is 9.96. The first-order valence-electron chi connectivity index (χ1n) is 10.1. The van der Waals surface area contributed by atoms with Gasteiger partial charge in [0.2, 0.25) is 5.91 Å². The van der Waals surface area contributed by atoms with Gasteiger partial charge in [0, 0.05) is 51.7 Å². The van der Waals surface area contributed by atoms with Gasteiger partial charge in [0.1, 0.15) is 5.82 Å². The SMILES string of the molecule is CN1CCCN(C[C@@H]2CN(C(=O)CCc3ccc(F)cc3)C[C@@H]2CO)CC1. The molecule has 2 fully saturated rings. The molecule has 2 atom stereocenters. The second-order valence-corrected chi connectivity index (χ2v) is 8.09. The Balaban J connectivity index is 1.50. The second kappa shape index (κ2) is 9.62. The molecule has 0 bridgehead atoms. The number of hydrogen-bond donors (Lipinski definition) is 1. The molecule has 0 unspecified atom stereocenters. The van der Waals surface area contributed by atoms with Gasteiger partial charge in [-0.05, 0) is 56.6 Å². The standard InChI is InChI=1S/C21H32FN3O2/c1-23-9-2-10-24(12-11-23)13-18-14-25(15-19(18)16-26)21(27)8-5-17-3-6-20(22)7-4-17/h3-4,6-7,18-19,26H,2,5,8-16H2,1H3/t18-,19-/m1/s1. The number of nitrogens with zero attached hydrogens (tertiary/aromatic N) is 3. The molecule has 1 aromatic rings. The quantitative estimate of drug-likeness (QED) is 0.816. The Morgan fingerprint density at radius 2 is 1.85 bits per heavy atom. The first-order chi connectivity index (χ1) is 13.0. The van der Waals surface area contributed by atoms with Crippen LogP contribution in [0, 0.1) is 17.7 Å². The lowest BCUT2D eigenvalue weighted by molar-refractivity contribution is -0.130. The molecule has 3 rings (SSSR count). The van der Waals surface area contributed by atoms with Gasteiger partial charge in [-0.1, -0.05) is 12.1 Å². The van der Waals surface area contributed by atoms with Crippen molar-refractivity contribution in [2.24, 2.45) is 11.8 Å². The van der Waals surface area contributed by atoms with Crippen LogP contribution in [0.4, 0.5) is 4.39 Å². The minimum Gasteiger partial charge on any atom is -0.396 e. The number of carbonyl (C=O) groups excluding carboxylic acids is 1. The van der Waals surface area contributed by atoms with E-state index in [0.717, 1.165) is 44.8 Å². The summed E-state index contributed by atoms with van der Waals surface area (Å²) in [6.07, 6.45) is 2.24. The van der Waals surface area contributed by atoms with Crippen molar-refractivity contribution in [3.8, 4) is 0 Å². The van der Waals surface area contributed by atoms with Crippen LogP contribution >= 0.6 is 0 Å². The maximum atomic E-state index is 13.0. The highest BCUT2D eigenvalue weighted by Crippen LogP contribution is 2.25. The van der Waals surface area contributed by atoms with Gasteiger partial charge in [0.15, 0.2) is 0 Å². The van der Waals surface area contributed by atoms with E-state index in [9.17, 15) is 14.3 Å². The van der Waals surface area contributed by atoms with E-state index < -0.39 is 0 Å². The van der Waals surface area contributed by atoms with E-state index in [2.05, 4.69) is 16.8 Å². The molecule has 2 saturated heterocycles. The Kier molecular flexibility index (Phi) is 7.21. The van der Waals surface area contributed by atoms with E-state index in [0.29, 0.717) is 25.3 Å². The summed E-state index contributed by atoms with van der Waals surface area (Å²) in [4.78, 5) is 19.4. The summed E-state index contributed by atoms with van der Waals surface area (Å²) < 4.78 is 13.0. The Morgan fingerprint density at radius 3 is 2.59 bits per heavy atom. The average Bonchev–Trinajstić information content (AvgIpc) is 2.96. The maximum absolute atomic E-state index is 13.0. The lowest BCUT2D eigenvalue weighted by Gasteiger charge is -2.26. The molecule has 1 aromatic carbocycles. The number of likely N-dealkylation sites (tertiary alicyclic amines) is 1. The van der Waals surface area contributed by atoms with Crippen molar-refractivity contribution in [2.75, 3.05) is 59.5 Å². The maximum Gasteiger partial charge on any atom is 0.222 e. The Hall–Kier alpha value is -1.50. The fourth-order valence-electron chi connectivity index (χ4n) is 4.23. The zero-order valence-electron chi connectivity index (χ0n) is 16.3. The Bertz CT molecular complexity index is 610. The van der Waals surface area contributed by atoms with E-state index in [-0.39, 0.29) is 24.2 Å². The third-order valence-corrected chi connectivity index (χ3v) is 6.01. The highest BCUT2D eigenvalue weighted by atomic mass is 19.1. The Morgan fingerprint density at radius 1 is 1.11 bits per heavy atom. The monoisotopic (exact) mass is 377 g/mol. The van der Waals surface area contributed by atoms with Crippen molar-refractivity contribution < 1.29 is 14.3 Å². The molecule has 2 heterocycles. The third kappa shape index (κ3) is 5.74. The average molecular weight is 378 g/mol. The van der Waals surface area contributed by atoms with Crippen LogP contribution in [0.2, 0.25) is 0 Å². The van der Waals surface area contributed by atoms with Gasteiger partial charge in [-0.15, -0.1) is 0 Å². The smallest absolute Gasteiger partial charge is 0.222 e. The number of halogens is 1. The summed E-state index contributed by atoms with van der Waals surface area (Å²) >= 11 is 0. The van der Waals surface area contributed by atoms with Crippen LogP contribution in [0.25, 0.3) is 0 Å². The first-order valence-corrected chi connectivity index (χ1v) is 10.1. The van der Waals surface area contributed by atoms with E-state index in [1.807, 2.05) is 4.90 Å². The van der Waals surface area contributed by atoms with Gasteiger partial charge in [-0.3, -0.25) is 4.79 Å². The van der Waals surface area contributed by atoms with Crippen LogP contribution in [-0.2, 0) is 11.2 Å². The molecule has 1 N–H and O–H groups in total. The molecule has 5 nitrogen and oxygen atoms in total. The molecule has 0 aromatic heterocycles. The summed E-state index contributed by atoms with van der Waals surface area (Å²) in [5.74, 6) is 0.391. The number of aliphatic hydroxyl groups excluding tert-OH is 1. The largest absolute Gasteiger partial charge is 0.396 e. The molecule has 2 aliphatic heterocycles. The molecule has 1 amide bonds. The summed E-state index contributed by atoms with van der Waals surface area (Å²) in [7, 11) is 2.16. The van der Waals surface area contributed by atoms with E-state index in [1.165, 1.54) is 18.6 Å². The summed E-state index contributed by atoms with van der Waals surface area (Å²) in [6, 6.07) is 6.35. The zero-order valence-corrected chi connectivity index (χ0v) is 16.3. The topological polar surface area (TPSA) is 47.0 Å². The van der Waals surface area contributed by atoms with Crippen LogP contribution in [0.15, 0.2) is 24.3 Å². The first kappa shape index (κ1) is 20.2. The molecule has 27 heavy (non-hydrogen) atoms. The number of carbonyl (C=O) groups is 1. The molecule has 2 aliphatic rings. The van der Waals surface area contributed by atoms with E-state index in [4.69, 9.17) is 0 Å². The molecular formula is C21H32FN3O2. The van der Waals surface area contributed by atoms with Crippen LogP contribution in [-0.4, -0.2) is 85.2 Å². The van der Waals surface area contributed by atoms with Crippen molar-refractivity contribution in [2.45, 2.75) is 19.3 Å². The molecule has 0 aliphatic carbocycles. The van der Waals surface area contributed by atoms with Crippen molar-refractivity contribution >= 4 is 5.91 Å². The third-order valence-electron chi connectivity index (χ3n) is 6.01. The number of amides is 1. The van der Waals surface area contributed by atoms with E-state index >= 15 is 0 Å². The van der Waals surface area contributed by atoms with Gasteiger partial charge in [0.25, 0.3) is 0 Å².